The van der Waals surface area contributed by atoms with E-state index in [1.54, 1.807) is 30.3 Å². The van der Waals surface area contributed by atoms with Crippen molar-refractivity contribution >= 4 is 5.97 Å². The smallest absolute Gasteiger partial charge is 0.343 e. The quantitative estimate of drug-likeness (QED) is 0.0866. The van der Waals surface area contributed by atoms with Gasteiger partial charge in [-0.15, -0.1) is 0 Å². The molecule has 0 unspecified atom stereocenters. The predicted octanol–water partition coefficient (Wildman–Crippen LogP) is 10.1. The lowest BCUT2D eigenvalue weighted by Gasteiger charge is -2.10. The van der Waals surface area contributed by atoms with E-state index in [9.17, 15) is 9.18 Å². The molecular formula is C33H49FO4. The van der Waals surface area contributed by atoms with E-state index in [4.69, 9.17) is 14.2 Å². The zero-order valence-electron chi connectivity index (χ0n) is 23.8. The molecule has 2 aromatic carbocycles. The topological polar surface area (TPSA) is 44.8 Å². The van der Waals surface area contributed by atoms with Crippen LogP contribution in [0.15, 0.2) is 42.5 Å². The van der Waals surface area contributed by atoms with Crippen LogP contribution in [0.2, 0.25) is 0 Å². The number of carbonyl (C=O) groups excluding carboxylic acids is 1. The van der Waals surface area contributed by atoms with E-state index in [1.807, 2.05) is 0 Å². The van der Waals surface area contributed by atoms with Gasteiger partial charge in [0.15, 0.2) is 11.6 Å². The monoisotopic (exact) mass is 528 g/mol. The number of hydrogen-bond donors (Lipinski definition) is 0. The molecule has 5 heteroatoms. The molecule has 0 N–H and O–H groups in total. The van der Waals surface area contributed by atoms with Gasteiger partial charge in [0.25, 0.3) is 0 Å². The van der Waals surface area contributed by atoms with Crippen LogP contribution in [0.5, 0.6) is 17.2 Å². The van der Waals surface area contributed by atoms with E-state index in [2.05, 4.69) is 13.8 Å². The average Bonchev–Trinajstić information content (AvgIpc) is 2.92. The molecule has 0 saturated carbocycles. The number of unbranched alkanes of at least 4 members (excludes halogenated alkanes) is 14. The van der Waals surface area contributed by atoms with Crippen molar-refractivity contribution in [2.24, 2.45) is 0 Å². The Morgan fingerprint density at radius 1 is 0.605 bits per heavy atom. The van der Waals surface area contributed by atoms with Crippen LogP contribution in [0.3, 0.4) is 0 Å². The third kappa shape index (κ3) is 13.8. The number of hydrogen-bond acceptors (Lipinski definition) is 4. The van der Waals surface area contributed by atoms with E-state index in [0.29, 0.717) is 18.8 Å². The zero-order valence-corrected chi connectivity index (χ0v) is 23.8. The molecule has 4 nitrogen and oxygen atoms in total. The minimum Gasteiger partial charge on any atom is -0.494 e. The Balaban J connectivity index is 1.63. The van der Waals surface area contributed by atoms with Crippen LogP contribution in [0.25, 0.3) is 0 Å². The Hall–Kier alpha value is -2.56. The highest BCUT2D eigenvalue weighted by molar-refractivity contribution is 5.91. The third-order valence-electron chi connectivity index (χ3n) is 6.73. The summed E-state index contributed by atoms with van der Waals surface area (Å²) in [6, 6.07) is 11.2. The lowest BCUT2D eigenvalue weighted by Crippen LogP contribution is -2.09. The highest BCUT2D eigenvalue weighted by Gasteiger charge is 2.12. The van der Waals surface area contributed by atoms with Gasteiger partial charge in [0, 0.05) is 6.07 Å². The molecule has 212 valence electrons. The Labute approximate surface area is 230 Å². The molecule has 2 aromatic rings. The van der Waals surface area contributed by atoms with Crippen molar-refractivity contribution < 1.29 is 23.4 Å². The van der Waals surface area contributed by atoms with Crippen LogP contribution in [-0.4, -0.2) is 19.2 Å². The van der Waals surface area contributed by atoms with Crippen molar-refractivity contribution in [3.63, 3.8) is 0 Å². The molecule has 0 aromatic heterocycles. The zero-order chi connectivity index (χ0) is 27.3. The standard InChI is InChI=1S/C33H49FO4/c1-3-5-7-9-11-12-14-15-17-25-36-29-21-19-28(20-22-29)33(35)38-30-23-24-32(31(34)27-30)37-26-18-16-13-10-8-6-4-2/h19-24,27H,3-18,25-26H2,1-2H3. The fraction of sp³-hybridized carbons (Fsp3) is 0.606. The van der Waals surface area contributed by atoms with Crippen molar-refractivity contribution in [2.75, 3.05) is 13.2 Å². The van der Waals surface area contributed by atoms with Gasteiger partial charge in [-0.1, -0.05) is 104 Å². The lowest BCUT2D eigenvalue weighted by atomic mass is 10.1. The Morgan fingerprint density at radius 2 is 1.08 bits per heavy atom. The summed E-state index contributed by atoms with van der Waals surface area (Å²) in [6.45, 7) is 5.61. The first-order chi connectivity index (χ1) is 18.6. The summed E-state index contributed by atoms with van der Waals surface area (Å²) in [5, 5.41) is 0. The van der Waals surface area contributed by atoms with Gasteiger partial charge < -0.3 is 14.2 Å². The first kappa shape index (κ1) is 31.7. The summed E-state index contributed by atoms with van der Waals surface area (Å²) in [4.78, 5) is 12.5. The van der Waals surface area contributed by atoms with E-state index in [-0.39, 0.29) is 11.5 Å². The number of benzene rings is 2. The largest absolute Gasteiger partial charge is 0.494 e. The summed E-state index contributed by atoms with van der Waals surface area (Å²) in [5.74, 6) is 0.00505. The van der Waals surface area contributed by atoms with Crippen molar-refractivity contribution in [1.82, 2.24) is 0 Å². The van der Waals surface area contributed by atoms with E-state index in [1.165, 1.54) is 95.6 Å². The maximum absolute atomic E-state index is 14.4. The van der Waals surface area contributed by atoms with Crippen molar-refractivity contribution in [3.8, 4) is 17.2 Å². The second-order valence-electron chi connectivity index (χ2n) is 10.2. The van der Waals surface area contributed by atoms with Crippen LogP contribution in [0.1, 0.15) is 127 Å². The van der Waals surface area contributed by atoms with Gasteiger partial charge >= 0.3 is 5.97 Å². The number of halogens is 1. The number of ether oxygens (including phenoxy) is 3. The summed E-state index contributed by atoms with van der Waals surface area (Å²) < 4.78 is 31.1. The third-order valence-corrected chi connectivity index (χ3v) is 6.73. The predicted molar refractivity (Wildman–Crippen MR) is 154 cm³/mol. The molecular weight excluding hydrogens is 479 g/mol. The van der Waals surface area contributed by atoms with Crippen molar-refractivity contribution in [2.45, 2.75) is 117 Å². The fourth-order valence-corrected chi connectivity index (χ4v) is 4.36. The molecule has 0 aliphatic rings. The van der Waals surface area contributed by atoms with Crippen LogP contribution >= 0.6 is 0 Å². The Kier molecular flexibility index (Phi) is 17.0. The Morgan fingerprint density at radius 3 is 1.61 bits per heavy atom. The number of rotatable bonds is 22. The summed E-state index contributed by atoms with van der Waals surface area (Å²) in [6.07, 6.45) is 19.7. The van der Waals surface area contributed by atoms with Gasteiger partial charge in [0.1, 0.15) is 11.5 Å². The molecule has 38 heavy (non-hydrogen) atoms. The van der Waals surface area contributed by atoms with E-state index < -0.39 is 11.8 Å². The normalized spacial score (nSPS) is 10.9. The molecule has 0 spiro atoms. The average molecular weight is 529 g/mol. The summed E-state index contributed by atoms with van der Waals surface area (Å²) >= 11 is 0. The maximum atomic E-state index is 14.4. The molecule has 0 fully saturated rings. The highest BCUT2D eigenvalue weighted by atomic mass is 19.1. The molecule has 0 amide bonds. The van der Waals surface area contributed by atoms with Gasteiger partial charge in [0.05, 0.1) is 18.8 Å². The first-order valence-electron chi connectivity index (χ1n) is 15.0. The van der Waals surface area contributed by atoms with Crippen LogP contribution < -0.4 is 14.2 Å². The van der Waals surface area contributed by atoms with Gasteiger partial charge in [-0.05, 0) is 49.2 Å². The summed E-state index contributed by atoms with van der Waals surface area (Å²) in [7, 11) is 0. The highest BCUT2D eigenvalue weighted by Crippen LogP contribution is 2.24. The number of esters is 1. The summed E-state index contributed by atoms with van der Waals surface area (Å²) in [5.41, 5.74) is 0.389. The molecule has 0 aliphatic heterocycles. The molecule has 0 atom stereocenters. The van der Waals surface area contributed by atoms with E-state index in [0.717, 1.165) is 25.0 Å². The molecule has 0 heterocycles. The minimum absolute atomic E-state index is 0.154. The molecule has 0 aliphatic carbocycles. The fourth-order valence-electron chi connectivity index (χ4n) is 4.36. The molecule has 2 rings (SSSR count). The molecule has 0 radical (unpaired) electrons. The van der Waals surface area contributed by atoms with Gasteiger partial charge in [0.2, 0.25) is 0 Å². The minimum atomic E-state index is -0.536. The molecule has 0 bridgehead atoms. The van der Waals surface area contributed by atoms with Crippen LogP contribution in [0.4, 0.5) is 4.39 Å². The van der Waals surface area contributed by atoms with Gasteiger partial charge in [-0.3, -0.25) is 0 Å². The lowest BCUT2D eigenvalue weighted by molar-refractivity contribution is 0.0734. The van der Waals surface area contributed by atoms with Gasteiger partial charge in [-0.25, -0.2) is 9.18 Å². The van der Waals surface area contributed by atoms with Crippen LogP contribution in [-0.2, 0) is 0 Å². The van der Waals surface area contributed by atoms with E-state index >= 15 is 0 Å². The SMILES string of the molecule is CCCCCCCCCCCOc1ccc(C(=O)Oc2ccc(OCCCCCCCCC)c(F)c2)cc1. The first-order valence-corrected chi connectivity index (χ1v) is 15.0. The van der Waals surface area contributed by atoms with Crippen molar-refractivity contribution in [1.29, 1.82) is 0 Å². The molecule has 0 saturated heterocycles. The van der Waals surface area contributed by atoms with Crippen LogP contribution in [0, 0.1) is 5.82 Å². The van der Waals surface area contributed by atoms with Gasteiger partial charge in [-0.2, -0.15) is 0 Å². The number of carbonyl (C=O) groups is 1. The second kappa shape index (κ2) is 20.4. The van der Waals surface area contributed by atoms with Crippen molar-refractivity contribution in [3.05, 3.63) is 53.8 Å². The maximum Gasteiger partial charge on any atom is 0.343 e. The second-order valence-corrected chi connectivity index (χ2v) is 10.2. The Bertz CT molecular complexity index is 881.